The molecular weight excluding hydrogens is 270 g/mol. The van der Waals surface area contributed by atoms with Gasteiger partial charge in [-0.3, -0.25) is 10.1 Å². The van der Waals surface area contributed by atoms with Crippen LogP contribution in [0.3, 0.4) is 0 Å². The fourth-order valence-electron chi connectivity index (χ4n) is 2.60. The second kappa shape index (κ2) is 6.11. The molecule has 1 aromatic heterocycles. The Hall–Kier alpha value is -2.11. The molecule has 0 atom stereocenters. The van der Waals surface area contributed by atoms with Crippen molar-refractivity contribution in [1.82, 2.24) is 4.98 Å². The zero-order valence-corrected chi connectivity index (χ0v) is 12.8. The third-order valence-electron chi connectivity index (χ3n) is 3.80. The van der Waals surface area contributed by atoms with Gasteiger partial charge in [0.2, 0.25) is 0 Å². The molecule has 2 rings (SSSR count). The van der Waals surface area contributed by atoms with Gasteiger partial charge in [-0.05, 0) is 23.8 Å². The highest BCUT2D eigenvalue weighted by molar-refractivity contribution is 5.83. The van der Waals surface area contributed by atoms with Crippen molar-refractivity contribution in [3.63, 3.8) is 0 Å². The smallest absolute Gasteiger partial charge is 0.298 e. The molecule has 1 N–H and O–H groups in total. The van der Waals surface area contributed by atoms with Gasteiger partial charge < -0.3 is 9.73 Å². The maximum absolute atomic E-state index is 11.0. The number of hydrogen-bond donors (Lipinski definition) is 1. The number of benzene rings is 1. The van der Waals surface area contributed by atoms with E-state index in [1.807, 2.05) is 0 Å². The number of aromatic nitrogens is 1. The van der Waals surface area contributed by atoms with Crippen LogP contribution in [0.1, 0.15) is 27.7 Å². The molecule has 0 aliphatic heterocycles. The first-order valence-electron chi connectivity index (χ1n) is 7.18. The van der Waals surface area contributed by atoms with Crippen molar-refractivity contribution in [3.8, 4) is 0 Å². The zero-order chi connectivity index (χ0) is 15.6. The molecule has 2 aromatic rings. The zero-order valence-electron chi connectivity index (χ0n) is 12.8. The molecule has 1 heterocycles. The highest BCUT2D eigenvalue weighted by Crippen LogP contribution is 2.28. The SMILES string of the molecule is CC(C)C(CNc1nc2c([N+](=O)[O-])cccc2o1)C(C)C. The number of anilines is 1. The van der Waals surface area contributed by atoms with Crippen LogP contribution in [-0.2, 0) is 0 Å². The lowest BCUT2D eigenvalue weighted by Gasteiger charge is -2.24. The number of nitrogens with one attached hydrogen (secondary N) is 1. The van der Waals surface area contributed by atoms with Crippen molar-refractivity contribution in [2.24, 2.45) is 17.8 Å². The first-order valence-corrected chi connectivity index (χ1v) is 7.18. The molecule has 6 nitrogen and oxygen atoms in total. The maximum Gasteiger partial charge on any atom is 0.298 e. The minimum absolute atomic E-state index is 0.0337. The van der Waals surface area contributed by atoms with Gasteiger partial charge in [0.05, 0.1) is 4.92 Å². The molecule has 0 saturated heterocycles. The van der Waals surface area contributed by atoms with Crippen LogP contribution in [-0.4, -0.2) is 16.5 Å². The van der Waals surface area contributed by atoms with E-state index in [-0.39, 0.29) is 11.2 Å². The van der Waals surface area contributed by atoms with Gasteiger partial charge >= 0.3 is 0 Å². The van der Waals surface area contributed by atoms with Gasteiger partial charge in [-0.2, -0.15) is 4.98 Å². The van der Waals surface area contributed by atoms with Crippen molar-refractivity contribution < 1.29 is 9.34 Å². The number of nitro benzene ring substituents is 1. The number of hydrogen-bond acceptors (Lipinski definition) is 5. The molecule has 6 heteroatoms. The van der Waals surface area contributed by atoms with Crippen LogP contribution in [0.2, 0.25) is 0 Å². The second-order valence-electron chi connectivity index (χ2n) is 5.93. The van der Waals surface area contributed by atoms with Gasteiger partial charge in [0.25, 0.3) is 11.7 Å². The Morgan fingerprint density at radius 3 is 2.52 bits per heavy atom. The Kier molecular flexibility index (Phi) is 4.45. The molecular formula is C15H21N3O3. The van der Waals surface area contributed by atoms with E-state index in [2.05, 4.69) is 38.0 Å². The summed E-state index contributed by atoms with van der Waals surface area (Å²) < 4.78 is 5.54. The minimum atomic E-state index is -0.445. The van der Waals surface area contributed by atoms with Crippen molar-refractivity contribution in [3.05, 3.63) is 28.3 Å². The Morgan fingerprint density at radius 1 is 1.29 bits per heavy atom. The Balaban J connectivity index is 2.20. The summed E-state index contributed by atoms with van der Waals surface area (Å²) in [6.07, 6.45) is 0. The molecule has 0 aliphatic carbocycles. The average Bonchev–Trinajstić information content (AvgIpc) is 2.80. The van der Waals surface area contributed by atoms with Gasteiger partial charge in [0.15, 0.2) is 11.1 Å². The lowest BCUT2D eigenvalue weighted by atomic mass is 9.85. The largest absolute Gasteiger partial charge is 0.423 e. The molecule has 0 aliphatic rings. The van der Waals surface area contributed by atoms with Crippen molar-refractivity contribution in [2.45, 2.75) is 27.7 Å². The molecule has 0 spiro atoms. The molecule has 0 bridgehead atoms. The number of nitrogens with zero attached hydrogens (tertiary/aromatic N) is 2. The lowest BCUT2D eigenvalue weighted by Crippen LogP contribution is -2.24. The van der Waals surface area contributed by atoms with Crippen LogP contribution in [0, 0.1) is 27.9 Å². The van der Waals surface area contributed by atoms with Gasteiger partial charge in [0.1, 0.15) is 0 Å². The number of non-ortho nitro benzene ring substituents is 1. The quantitative estimate of drug-likeness (QED) is 0.640. The summed E-state index contributed by atoms with van der Waals surface area (Å²) in [5.74, 6) is 1.56. The second-order valence-corrected chi connectivity index (χ2v) is 5.93. The fourth-order valence-corrected chi connectivity index (χ4v) is 2.60. The predicted molar refractivity (Wildman–Crippen MR) is 82.3 cm³/mol. The summed E-state index contributed by atoms with van der Waals surface area (Å²) in [5, 5.41) is 14.1. The molecule has 0 unspecified atom stereocenters. The number of oxazole rings is 1. The van der Waals surface area contributed by atoms with E-state index in [0.717, 1.165) is 6.54 Å². The van der Waals surface area contributed by atoms with Crippen LogP contribution >= 0.6 is 0 Å². The summed E-state index contributed by atoms with van der Waals surface area (Å²) in [6, 6.07) is 5.05. The van der Waals surface area contributed by atoms with Crippen molar-refractivity contribution in [1.29, 1.82) is 0 Å². The van der Waals surface area contributed by atoms with E-state index in [9.17, 15) is 10.1 Å². The van der Waals surface area contributed by atoms with Crippen LogP contribution in [0.25, 0.3) is 11.1 Å². The van der Waals surface area contributed by atoms with E-state index in [0.29, 0.717) is 29.4 Å². The maximum atomic E-state index is 11.0. The van der Waals surface area contributed by atoms with Crippen LogP contribution in [0.15, 0.2) is 22.6 Å². The number of fused-ring (bicyclic) bond motifs is 1. The number of para-hydroxylation sites is 1. The number of rotatable bonds is 6. The Labute approximate surface area is 123 Å². The molecule has 0 amide bonds. The van der Waals surface area contributed by atoms with E-state index < -0.39 is 4.92 Å². The lowest BCUT2D eigenvalue weighted by molar-refractivity contribution is -0.383. The Bertz CT molecular complexity index is 626. The van der Waals surface area contributed by atoms with Gasteiger partial charge in [-0.1, -0.05) is 33.8 Å². The molecule has 21 heavy (non-hydrogen) atoms. The normalized spacial score (nSPS) is 11.8. The average molecular weight is 291 g/mol. The van der Waals surface area contributed by atoms with E-state index in [1.54, 1.807) is 12.1 Å². The molecule has 0 fully saturated rings. The summed E-state index contributed by atoms with van der Waals surface area (Å²) in [5.41, 5.74) is 0.682. The summed E-state index contributed by atoms with van der Waals surface area (Å²) in [4.78, 5) is 14.7. The molecule has 114 valence electrons. The van der Waals surface area contributed by atoms with Crippen LogP contribution < -0.4 is 5.32 Å². The van der Waals surface area contributed by atoms with Gasteiger partial charge in [0, 0.05) is 12.6 Å². The summed E-state index contributed by atoms with van der Waals surface area (Å²) >= 11 is 0. The van der Waals surface area contributed by atoms with E-state index in [4.69, 9.17) is 4.42 Å². The van der Waals surface area contributed by atoms with Gasteiger partial charge in [-0.15, -0.1) is 0 Å². The van der Waals surface area contributed by atoms with Crippen molar-refractivity contribution >= 4 is 22.8 Å². The van der Waals surface area contributed by atoms with Crippen molar-refractivity contribution in [2.75, 3.05) is 11.9 Å². The highest BCUT2D eigenvalue weighted by atomic mass is 16.6. The summed E-state index contributed by atoms with van der Waals surface area (Å²) in [7, 11) is 0. The van der Waals surface area contributed by atoms with Crippen LogP contribution in [0.4, 0.5) is 11.7 Å². The summed E-state index contributed by atoms with van der Waals surface area (Å²) in [6.45, 7) is 9.47. The highest BCUT2D eigenvalue weighted by Gasteiger charge is 2.20. The molecule has 0 saturated carbocycles. The minimum Gasteiger partial charge on any atom is -0.423 e. The van der Waals surface area contributed by atoms with Gasteiger partial charge in [-0.25, -0.2) is 0 Å². The predicted octanol–water partition coefficient (Wildman–Crippen LogP) is 4.08. The topological polar surface area (TPSA) is 81.2 Å². The van der Waals surface area contributed by atoms with Crippen LogP contribution in [0.5, 0.6) is 0 Å². The first kappa shape index (κ1) is 15.3. The number of nitro groups is 1. The standard InChI is InChI=1S/C15H21N3O3/c1-9(2)11(10(3)4)8-16-15-17-14-12(18(19)20)6-5-7-13(14)21-15/h5-7,9-11H,8H2,1-4H3,(H,16,17). The molecule has 1 aromatic carbocycles. The third kappa shape index (κ3) is 3.32. The first-order chi connectivity index (χ1) is 9.90. The Morgan fingerprint density at radius 2 is 1.95 bits per heavy atom. The van der Waals surface area contributed by atoms with E-state index >= 15 is 0 Å². The third-order valence-corrected chi connectivity index (χ3v) is 3.80. The fraction of sp³-hybridized carbons (Fsp3) is 0.533. The van der Waals surface area contributed by atoms with E-state index in [1.165, 1.54) is 6.07 Å². The monoisotopic (exact) mass is 291 g/mol. The molecule has 0 radical (unpaired) electrons.